The lowest BCUT2D eigenvalue weighted by molar-refractivity contribution is -0.145. The van der Waals surface area contributed by atoms with Crippen LogP contribution in [-0.2, 0) is 14.4 Å². The molecule has 1 rings (SSSR count). The molecule has 0 bridgehead atoms. The molecule has 0 aromatic heterocycles. The Labute approximate surface area is 92.4 Å². The molecule has 0 aliphatic carbocycles. The highest BCUT2D eigenvalue weighted by atomic mass is 32.2. The summed E-state index contributed by atoms with van der Waals surface area (Å²) in [4.78, 5) is 35.5. The van der Waals surface area contributed by atoms with E-state index in [-0.39, 0.29) is 35.8 Å². The lowest BCUT2D eigenvalue weighted by Crippen LogP contribution is -2.48. The minimum atomic E-state index is -0.790. The quantitative estimate of drug-likeness (QED) is 0.652. The van der Waals surface area contributed by atoms with Crippen molar-refractivity contribution in [1.82, 2.24) is 4.90 Å². The summed E-state index contributed by atoms with van der Waals surface area (Å²) in [6.07, 6.45) is 1.94. The van der Waals surface area contributed by atoms with Crippen molar-refractivity contribution in [3.8, 4) is 0 Å². The van der Waals surface area contributed by atoms with E-state index in [0.29, 0.717) is 0 Å². The van der Waals surface area contributed by atoms with Crippen LogP contribution in [-0.4, -0.2) is 46.6 Å². The van der Waals surface area contributed by atoms with Crippen LogP contribution in [0.4, 0.5) is 0 Å². The first kappa shape index (κ1) is 12.2. The molecule has 1 fully saturated rings. The van der Waals surface area contributed by atoms with Crippen molar-refractivity contribution in [3.63, 3.8) is 0 Å². The van der Waals surface area contributed by atoms with Crippen LogP contribution >= 0.6 is 11.8 Å². The average Bonchev–Trinajstić information content (AvgIpc) is 2.45. The summed E-state index contributed by atoms with van der Waals surface area (Å²) in [6, 6.07) is -0.790. The average molecular weight is 230 g/mol. The molecular weight excluding hydrogens is 216 g/mol. The predicted molar refractivity (Wildman–Crippen MR) is 57.3 cm³/mol. The molecule has 0 radical (unpaired) electrons. The molecule has 0 spiro atoms. The Morgan fingerprint density at radius 3 is 2.60 bits per heavy atom. The van der Waals surface area contributed by atoms with Gasteiger partial charge in [0, 0.05) is 13.0 Å². The number of thioether (sulfide) groups is 1. The van der Waals surface area contributed by atoms with Crippen molar-refractivity contribution in [2.24, 2.45) is 5.73 Å². The smallest absolute Gasteiger partial charge is 0.243 e. The number of hydrogen-bond acceptors (Lipinski definition) is 5. The van der Waals surface area contributed by atoms with Crippen molar-refractivity contribution < 1.29 is 14.4 Å². The maximum Gasteiger partial charge on any atom is 0.243 e. The normalized spacial score (nSPS) is 23.4. The summed E-state index contributed by atoms with van der Waals surface area (Å²) < 4.78 is 0. The fourth-order valence-electron chi connectivity index (χ4n) is 1.59. The summed E-state index contributed by atoms with van der Waals surface area (Å²) >= 11 is 1.32. The van der Waals surface area contributed by atoms with E-state index in [1.54, 1.807) is 6.26 Å². The van der Waals surface area contributed by atoms with Gasteiger partial charge >= 0.3 is 0 Å². The van der Waals surface area contributed by atoms with E-state index in [2.05, 4.69) is 0 Å². The molecule has 5 nitrogen and oxygen atoms in total. The number of carbonyl (C=O) groups is 3. The number of nitrogens with two attached hydrogens (primary N) is 1. The van der Waals surface area contributed by atoms with Gasteiger partial charge in [-0.15, -0.1) is 0 Å². The minimum Gasteiger partial charge on any atom is -0.328 e. The second kappa shape index (κ2) is 4.76. The van der Waals surface area contributed by atoms with Gasteiger partial charge in [-0.05, 0) is 13.2 Å². The molecule has 1 aliphatic heterocycles. The Balaban J connectivity index is 2.90. The lowest BCUT2D eigenvalue weighted by Gasteiger charge is -2.22. The first-order chi connectivity index (χ1) is 7.02. The number of nitrogens with zero attached hydrogens (tertiary/aromatic N) is 1. The van der Waals surface area contributed by atoms with Gasteiger partial charge in [-0.3, -0.25) is 19.3 Å². The highest BCUT2D eigenvalue weighted by Crippen LogP contribution is 2.24. The monoisotopic (exact) mass is 230 g/mol. The molecule has 6 heteroatoms. The van der Waals surface area contributed by atoms with Crippen LogP contribution in [0.1, 0.15) is 13.3 Å². The molecule has 1 aliphatic rings. The zero-order chi connectivity index (χ0) is 11.6. The van der Waals surface area contributed by atoms with E-state index in [4.69, 9.17) is 5.73 Å². The molecule has 0 saturated carbocycles. The van der Waals surface area contributed by atoms with Gasteiger partial charge in [0.25, 0.3) is 0 Å². The van der Waals surface area contributed by atoms with Gasteiger partial charge < -0.3 is 5.73 Å². The van der Waals surface area contributed by atoms with Gasteiger partial charge in [0.1, 0.15) is 6.04 Å². The van der Waals surface area contributed by atoms with Gasteiger partial charge in [-0.25, -0.2) is 0 Å². The minimum absolute atomic E-state index is 0.00604. The fraction of sp³-hybridized carbons (Fsp3) is 0.667. The fourth-order valence-corrected chi connectivity index (χ4v) is 2.21. The number of imide groups is 1. The van der Waals surface area contributed by atoms with Crippen LogP contribution in [0.25, 0.3) is 0 Å². The van der Waals surface area contributed by atoms with Gasteiger partial charge in [0.05, 0.1) is 5.25 Å². The number of likely N-dealkylation sites (tertiary alicyclic amines) is 1. The molecule has 2 N–H and O–H groups in total. The van der Waals surface area contributed by atoms with Crippen molar-refractivity contribution in [2.45, 2.75) is 24.6 Å². The lowest BCUT2D eigenvalue weighted by atomic mass is 10.2. The van der Waals surface area contributed by atoms with E-state index < -0.39 is 6.04 Å². The second-order valence-electron chi connectivity index (χ2n) is 3.39. The van der Waals surface area contributed by atoms with Crippen molar-refractivity contribution in [2.75, 3.05) is 12.8 Å². The maximum atomic E-state index is 11.7. The van der Waals surface area contributed by atoms with Crippen molar-refractivity contribution >= 4 is 29.4 Å². The van der Waals surface area contributed by atoms with Gasteiger partial charge in [-0.2, -0.15) is 11.8 Å². The third kappa shape index (κ3) is 2.21. The molecule has 1 heterocycles. The van der Waals surface area contributed by atoms with Crippen LogP contribution in [0.15, 0.2) is 0 Å². The standard InChI is InChI=1S/C9H14N2O3S/c1-5(12)6(4-10)11-8(13)3-7(15-2)9(11)14/h6-7H,3-4,10H2,1-2H3. The third-order valence-corrected chi connectivity index (χ3v) is 3.37. The SMILES string of the molecule is CSC1CC(=O)N(C(CN)C(C)=O)C1=O. The van der Waals surface area contributed by atoms with E-state index in [1.165, 1.54) is 18.7 Å². The molecule has 15 heavy (non-hydrogen) atoms. The van der Waals surface area contributed by atoms with Gasteiger partial charge in [0.15, 0.2) is 5.78 Å². The van der Waals surface area contributed by atoms with E-state index in [0.717, 1.165) is 4.90 Å². The zero-order valence-electron chi connectivity index (χ0n) is 8.73. The first-order valence-electron chi connectivity index (χ1n) is 4.62. The molecule has 1 saturated heterocycles. The van der Waals surface area contributed by atoms with Crippen LogP contribution < -0.4 is 5.73 Å². The van der Waals surface area contributed by atoms with Crippen molar-refractivity contribution in [3.05, 3.63) is 0 Å². The van der Waals surface area contributed by atoms with E-state index in [1.807, 2.05) is 0 Å². The molecule has 2 atom stereocenters. The summed E-state index contributed by atoms with van der Waals surface area (Å²) in [6.45, 7) is 1.33. The Morgan fingerprint density at radius 1 is 1.67 bits per heavy atom. The van der Waals surface area contributed by atoms with Crippen LogP contribution in [0, 0.1) is 0 Å². The number of Topliss-reactive ketones (excluding diaryl/α,β-unsaturated/α-hetero) is 1. The highest BCUT2D eigenvalue weighted by molar-refractivity contribution is 8.00. The van der Waals surface area contributed by atoms with Crippen molar-refractivity contribution in [1.29, 1.82) is 0 Å². The Morgan fingerprint density at radius 2 is 2.27 bits per heavy atom. The molecule has 84 valence electrons. The molecule has 0 aromatic rings. The number of carbonyl (C=O) groups excluding carboxylic acids is 3. The van der Waals surface area contributed by atoms with E-state index in [9.17, 15) is 14.4 Å². The molecular formula is C9H14N2O3S. The second-order valence-corrected chi connectivity index (χ2v) is 4.43. The largest absolute Gasteiger partial charge is 0.328 e. The van der Waals surface area contributed by atoms with Gasteiger partial charge in [-0.1, -0.05) is 0 Å². The molecule has 2 amide bonds. The first-order valence-corrected chi connectivity index (χ1v) is 5.91. The number of ketones is 1. The highest BCUT2D eigenvalue weighted by Gasteiger charge is 2.42. The van der Waals surface area contributed by atoms with E-state index >= 15 is 0 Å². The zero-order valence-corrected chi connectivity index (χ0v) is 9.54. The topological polar surface area (TPSA) is 80.5 Å². The number of hydrogen-bond donors (Lipinski definition) is 1. The Kier molecular flexibility index (Phi) is 3.87. The molecule has 0 aromatic carbocycles. The number of amides is 2. The van der Waals surface area contributed by atoms with Crippen LogP contribution in [0.5, 0.6) is 0 Å². The third-order valence-electron chi connectivity index (χ3n) is 2.43. The summed E-state index contributed by atoms with van der Waals surface area (Å²) in [5.41, 5.74) is 5.39. The summed E-state index contributed by atoms with van der Waals surface area (Å²) in [7, 11) is 0. The Bertz CT molecular complexity index is 306. The summed E-state index contributed by atoms with van der Waals surface area (Å²) in [5, 5.41) is -0.356. The Hall–Kier alpha value is -0.880. The number of rotatable bonds is 4. The maximum absolute atomic E-state index is 11.7. The van der Waals surface area contributed by atoms with Crippen LogP contribution in [0.3, 0.4) is 0 Å². The predicted octanol–water partition coefficient (Wildman–Crippen LogP) is -0.607. The van der Waals surface area contributed by atoms with Crippen LogP contribution in [0.2, 0.25) is 0 Å². The van der Waals surface area contributed by atoms with Gasteiger partial charge in [0.2, 0.25) is 11.8 Å². The molecule has 2 unspecified atom stereocenters. The summed E-state index contributed by atoms with van der Waals surface area (Å²) in [5.74, 6) is -0.843.